The summed E-state index contributed by atoms with van der Waals surface area (Å²) in [5.74, 6) is -1.15. The summed E-state index contributed by atoms with van der Waals surface area (Å²) in [6, 6.07) is 9.16. The number of hydrogen-bond acceptors (Lipinski definition) is 4. The van der Waals surface area contributed by atoms with Crippen LogP contribution < -0.4 is 5.43 Å². The second-order valence-electron chi connectivity index (χ2n) is 5.69. The summed E-state index contributed by atoms with van der Waals surface area (Å²) in [6.45, 7) is 4.19. The maximum Gasteiger partial charge on any atom is 0.344 e. The minimum absolute atomic E-state index is 0.0589. The molecule has 0 bridgehead atoms. The number of carbonyl (C=O) groups is 1. The Kier molecular flexibility index (Phi) is 4.61. The van der Waals surface area contributed by atoms with Crippen LogP contribution in [0.4, 0.5) is 4.39 Å². The van der Waals surface area contributed by atoms with Gasteiger partial charge in [0.05, 0.1) is 5.39 Å². The smallest absolute Gasteiger partial charge is 0.344 e. The molecule has 3 aromatic rings. The number of aromatic nitrogens is 2. The number of rotatable bonds is 4. The van der Waals surface area contributed by atoms with Gasteiger partial charge in [-0.2, -0.15) is 0 Å². The fourth-order valence-corrected chi connectivity index (χ4v) is 2.60. The summed E-state index contributed by atoms with van der Waals surface area (Å²) < 4.78 is 20.1. The average molecular weight is 340 g/mol. The van der Waals surface area contributed by atoms with E-state index < -0.39 is 17.2 Å². The first-order valence-electron chi connectivity index (χ1n) is 7.92. The predicted molar refractivity (Wildman–Crippen MR) is 91.9 cm³/mol. The lowest BCUT2D eigenvalue weighted by Gasteiger charge is -2.11. The highest BCUT2D eigenvalue weighted by atomic mass is 19.1. The van der Waals surface area contributed by atoms with Crippen LogP contribution in [0.2, 0.25) is 0 Å². The van der Waals surface area contributed by atoms with Crippen molar-refractivity contribution in [3.63, 3.8) is 0 Å². The minimum atomic E-state index is -0.737. The topological polar surface area (TPSA) is 61.2 Å². The van der Waals surface area contributed by atoms with Gasteiger partial charge < -0.3 is 9.30 Å². The van der Waals surface area contributed by atoms with E-state index in [1.807, 2.05) is 13.8 Å². The van der Waals surface area contributed by atoms with Gasteiger partial charge in [-0.1, -0.05) is 12.1 Å². The number of benzene rings is 1. The normalized spacial score (nSPS) is 10.8. The number of halogens is 1. The third-order valence-corrected chi connectivity index (χ3v) is 3.88. The van der Waals surface area contributed by atoms with Crippen LogP contribution in [0, 0.1) is 12.7 Å². The zero-order chi connectivity index (χ0) is 18.0. The zero-order valence-corrected chi connectivity index (χ0v) is 14.0. The van der Waals surface area contributed by atoms with Crippen molar-refractivity contribution in [3.8, 4) is 0 Å². The van der Waals surface area contributed by atoms with Crippen LogP contribution in [-0.2, 0) is 17.9 Å². The molecule has 25 heavy (non-hydrogen) atoms. The lowest BCUT2D eigenvalue weighted by atomic mass is 10.2. The van der Waals surface area contributed by atoms with E-state index in [1.165, 1.54) is 24.4 Å². The van der Waals surface area contributed by atoms with E-state index in [9.17, 15) is 14.0 Å². The molecule has 0 amide bonds. The summed E-state index contributed by atoms with van der Waals surface area (Å²) in [6.07, 6.45) is 1.46. The van der Waals surface area contributed by atoms with Crippen molar-refractivity contribution in [2.45, 2.75) is 27.0 Å². The Hall–Kier alpha value is -3.02. The Morgan fingerprint density at radius 3 is 2.80 bits per heavy atom. The van der Waals surface area contributed by atoms with E-state index in [0.717, 1.165) is 5.69 Å². The molecular formula is C19H17FN2O3. The fourth-order valence-electron chi connectivity index (χ4n) is 2.60. The molecule has 0 aliphatic heterocycles. The molecule has 0 saturated carbocycles. The second-order valence-corrected chi connectivity index (χ2v) is 5.69. The summed E-state index contributed by atoms with van der Waals surface area (Å²) in [5.41, 5.74) is 1.36. The van der Waals surface area contributed by atoms with Crippen LogP contribution >= 0.6 is 0 Å². The van der Waals surface area contributed by atoms with Crippen molar-refractivity contribution in [1.82, 2.24) is 9.55 Å². The summed E-state index contributed by atoms with van der Waals surface area (Å²) in [7, 11) is 0. The Bertz CT molecular complexity index is 1010. The number of hydrogen-bond donors (Lipinski definition) is 0. The summed E-state index contributed by atoms with van der Waals surface area (Å²) >= 11 is 0. The molecular weight excluding hydrogens is 323 g/mol. The minimum Gasteiger partial charge on any atom is -0.457 e. The van der Waals surface area contributed by atoms with Gasteiger partial charge in [-0.25, -0.2) is 14.2 Å². The number of carbonyl (C=O) groups excluding carboxylic acids is 1. The van der Waals surface area contributed by atoms with Crippen molar-refractivity contribution in [1.29, 1.82) is 0 Å². The maximum absolute atomic E-state index is 13.2. The molecule has 3 rings (SSSR count). The lowest BCUT2D eigenvalue weighted by Crippen LogP contribution is -2.21. The average Bonchev–Trinajstić information content (AvgIpc) is 2.60. The Labute approximate surface area is 143 Å². The molecule has 0 atom stereocenters. The lowest BCUT2D eigenvalue weighted by molar-refractivity contribution is 0.0470. The number of aryl methyl sites for hydroxylation is 2. The van der Waals surface area contributed by atoms with Crippen molar-refractivity contribution in [2.24, 2.45) is 0 Å². The molecule has 0 aliphatic rings. The van der Waals surface area contributed by atoms with E-state index in [-0.39, 0.29) is 12.2 Å². The molecule has 0 saturated heterocycles. The highest BCUT2D eigenvalue weighted by Crippen LogP contribution is 2.12. The molecule has 0 unspecified atom stereocenters. The predicted octanol–water partition coefficient (Wildman–Crippen LogP) is 3.22. The molecule has 1 aromatic carbocycles. The van der Waals surface area contributed by atoms with Crippen molar-refractivity contribution in [3.05, 3.63) is 75.5 Å². The summed E-state index contributed by atoms with van der Waals surface area (Å²) in [5, 5.41) is 0.368. The van der Waals surface area contributed by atoms with Crippen molar-refractivity contribution >= 4 is 17.0 Å². The molecule has 6 heteroatoms. The van der Waals surface area contributed by atoms with E-state index in [0.29, 0.717) is 23.1 Å². The molecule has 0 fully saturated rings. The molecule has 0 spiro atoms. The van der Waals surface area contributed by atoms with Crippen LogP contribution in [0.5, 0.6) is 0 Å². The van der Waals surface area contributed by atoms with Gasteiger partial charge in [-0.05, 0) is 43.7 Å². The van der Waals surface area contributed by atoms with Crippen LogP contribution in [0.1, 0.15) is 28.5 Å². The van der Waals surface area contributed by atoms with E-state index in [2.05, 4.69) is 4.98 Å². The highest BCUT2D eigenvalue weighted by Gasteiger charge is 2.17. The fraction of sp³-hybridized carbons (Fsp3) is 0.211. The number of pyridine rings is 2. The van der Waals surface area contributed by atoms with E-state index in [1.54, 1.807) is 22.8 Å². The van der Waals surface area contributed by atoms with Gasteiger partial charge in [-0.3, -0.25) is 4.79 Å². The monoisotopic (exact) mass is 340 g/mol. The zero-order valence-electron chi connectivity index (χ0n) is 14.0. The highest BCUT2D eigenvalue weighted by molar-refractivity contribution is 5.93. The quantitative estimate of drug-likeness (QED) is 0.684. The van der Waals surface area contributed by atoms with Gasteiger partial charge in [-0.15, -0.1) is 0 Å². The number of esters is 1. The van der Waals surface area contributed by atoms with Gasteiger partial charge >= 0.3 is 5.97 Å². The van der Waals surface area contributed by atoms with Crippen LogP contribution in [0.25, 0.3) is 11.0 Å². The second kappa shape index (κ2) is 6.84. The Balaban J connectivity index is 1.95. The third kappa shape index (κ3) is 3.42. The molecule has 5 nitrogen and oxygen atoms in total. The van der Waals surface area contributed by atoms with E-state index >= 15 is 0 Å². The number of ether oxygens (including phenoxy) is 1. The van der Waals surface area contributed by atoms with Crippen LogP contribution in [0.15, 0.2) is 47.4 Å². The van der Waals surface area contributed by atoms with Crippen molar-refractivity contribution in [2.75, 3.05) is 0 Å². The SMILES string of the molecule is CCn1cc(C(=O)OCc2cccc(F)c2)c(=O)c2ccc(C)nc21. The molecule has 0 aliphatic carbocycles. The van der Waals surface area contributed by atoms with Gasteiger partial charge in [0.2, 0.25) is 5.43 Å². The molecule has 0 radical (unpaired) electrons. The third-order valence-electron chi connectivity index (χ3n) is 3.88. The standard InChI is InChI=1S/C19H17FN2O3/c1-3-22-10-16(17(23)15-8-7-12(2)21-18(15)22)19(24)25-11-13-5-4-6-14(20)9-13/h4-10H,3,11H2,1-2H3. The molecule has 2 aromatic heterocycles. The molecule has 0 N–H and O–H groups in total. The first-order chi connectivity index (χ1) is 12.0. The largest absolute Gasteiger partial charge is 0.457 e. The van der Waals surface area contributed by atoms with Gasteiger partial charge in [0.25, 0.3) is 0 Å². The van der Waals surface area contributed by atoms with Crippen LogP contribution in [0.3, 0.4) is 0 Å². The number of nitrogens with zero attached hydrogens (tertiary/aromatic N) is 2. The molecule has 128 valence electrons. The Morgan fingerprint density at radius 1 is 1.28 bits per heavy atom. The first-order valence-corrected chi connectivity index (χ1v) is 7.92. The maximum atomic E-state index is 13.2. The van der Waals surface area contributed by atoms with Gasteiger partial charge in [0.1, 0.15) is 23.6 Å². The summed E-state index contributed by atoms with van der Waals surface area (Å²) in [4.78, 5) is 29.3. The Morgan fingerprint density at radius 2 is 2.08 bits per heavy atom. The first kappa shape index (κ1) is 16.8. The number of fused-ring (bicyclic) bond motifs is 1. The van der Waals surface area contributed by atoms with Gasteiger partial charge in [0.15, 0.2) is 0 Å². The van der Waals surface area contributed by atoms with E-state index in [4.69, 9.17) is 4.74 Å². The van der Waals surface area contributed by atoms with Gasteiger partial charge in [0, 0.05) is 18.4 Å². The van der Waals surface area contributed by atoms with Crippen molar-refractivity contribution < 1.29 is 13.9 Å². The van der Waals surface area contributed by atoms with Crippen LogP contribution in [-0.4, -0.2) is 15.5 Å². The molecule has 2 heterocycles.